The minimum Gasteiger partial charge on any atom is -0.496 e. The number of halogens is 2. The van der Waals surface area contributed by atoms with Gasteiger partial charge in [0.2, 0.25) is 0 Å². The zero-order valence-electron chi connectivity index (χ0n) is 12.2. The molecule has 0 bridgehead atoms. The van der Waals surface area contributed by atoms with Crippen LogP contribution in [-0.2, 0) is 13.0 Å². The summed E-state index contributed by atoms with van der Waals surface area (Å²) in [7, 11) is 1.62. The summed E-state index contributed by atoms with van der Waals surface area (Å²) < 4.78 is 18.9. The molecule has 112 valence electrons. The Morgan fingerprint density at radius 3 is 2.67 bits per heavy atom. The summed E-state index contributed by atoms with van der Waals surface area (Å²) in [6.07, 6.45) is 0.624. The standard InChI is InChI=1S/C17H19ClFNO/c1-12(10-13-6-3-4-8-16(13)19)20-11-14-15(18)7-5-9-17(14)21-2/h3-9,12,20H,10-11H2,1-2H3. The topological polar surface area (TPSA) is 21.3 Å². The van der Waals surface area contributed by atoms with Crippen molar-refractivity contribution in [1.82, 2.24) is 5.32 Å². The third-order valence-electron chi connectivity index (χ3n) is 3.41. The maximum absolute atomic E-state index is 13.6. The van der Waals surface area contributed by atoms with Crippen LogP contribution in [0.4, 0.5) is 4.39 Å². The number of ether oxygens (including phenoxy) is 1. The quantitative estimate of drug-likeness (QED) is 0.863. The monoisotopic (exact) mass is 307 g/mol. The van der Waals surface area contributed by atoms with Gasteiger partial charge in [0.1, 0.15) is 11.6 Å². The van der Waals surface area contributed by atoms with E-state index in [0.29, 0.717) is 23.6 Å². The molecule has 0 fully saturated rings. The summed E-state index contributed by atoms with van der Waals surface area (Å²) in [5, 5.41) is 4.03. The first kappa shape index (κ1) is 15.8. The van der Waals surface area contributed by atoms with Crippen molar-refractivity contribution in [1.29, 1.82) is 0 Å². The summed E-state index contributed by atoms with van der Waals surface area (Å²) in [5.74, 6) is 0.592. The Labute approximate surface area is 129 Å². The fraction of sp³-hybridized carbons (Fsp3) is 0.294. The van der Waals surface area contributed by atoms with Crippen LogP contribution in [0.15, 0.2) is 42.5 Å². The van der Waals surface area contributed by atoms with Crippen molar-refractivity contribution >= 4 is 11.6 Å². The van der Waals surface area contributed by atoms with E-state index >= 15 is 0 Å². The van der Waals surface area contributed by atoms with Gasteiger partial charge in [0.15, 0.2) is 0 Å². The molecule has 2 nitrogen and oxygen atoms in total. The van der Waals surface area contributed by atoms with Gasteiger partial charge in [0.25, 0.3) is 0 Å². The molecule has 2 aromatic carbocycles. The van der Waals surface area contributed by atoms with Crippen molar-refractivity contribution in [3.8, 4) is 5.75 Å². The smallest absolute Gasteiger partial charge is 0.126 e. The number of rotatable bonds is 6. The highest BCUT2D eigenvalue weighted by Gasteiger charge is 2.11. The van der Waals surface area contributed by atoms with Gasteiger partial charge in [0.05, 0.1) is 7.11 Å². The number of nitrogens with one attached hydrogen (secondary N) is 1. The summed E-state index contributed by atoms with van der Waals surface area (Å²) in [6.45, 7) is 2.61. The van der Waals surface area contributed by atoms with Crippen LogP contribution in [0.5, 0.6) is 5.75 Å². The van der Waals surface area contributed by atoms with Gasteiger partial charge in [-0.25, -0.2) is 4.39 Å². The maximum atomic E-state index is 13.6. The van der Waals surface area contributed by atoms with E-state index in [1.807, 2.05) is 37.3 Å². The highest BCUT2D eigenvalue weighted by atomic mass is 35.5. The molecular formula is C17H19ClFNO. The molecule has 0 saturated heterocycles. The van der Waals surface area contributed by atoms with Crippen LogP contribution in [0.3, 0.4) is 0 Å². The van der Waals surface area contributed by atoms with Gasteiger partial charge in [-0.1, -0.05) is 35.9 Å². The molecule has 21 heavy (non-hydrogen) atoms. The first-order chi connectivity index (χ1) is 10.1. The van der Waals surface area contributed by atoms with E-state index in [2.05, 4.69) is 5.32 Å². The molecule has 4 heteroatoms. The van der Waals surface area contributed by atoms with Crippen molar-refractivity contribution in [2.24, 2.45) is 0 Å². The first-order valence-corrected chi connectivity index (χ1v) is 7.27. The van der Waals surface area contributed by atoms with Gasteiger partial charge >= 0.3 is 0 Å². The number of benzene rings is 2. The lowest BCUT2D eigenvalue weighted by Gasteiger charge is -2.16. The van der Waals surface area contributed by atoms with Crippen LogP contribution >= 0.6 is 11.6 Å². The van der Waals surface area contributed by atoms with Crippen LogP contribution < -0.4 is 10.1 Å². The molecule has 1 unspecified atom stereocenters. The van der Waals surface area contributed by atoms with Crippen molar-refractivity contribution < 1.29 is 9.13 Å². The van der Waals surface area contributed by atoms with E-state index in [-0.39, 0.29) is 11.9 Å². The minimum absolute atomic E-state index is 0.128. The highest BCUT2D eigenvalue weighted by Crippen LogP contribution is 2.26. The van der Waals surface area contributed by atoms with Gasteiger partial charge in [0, 0.05) is 23.2 Å². The Morgan fingerprint density at radius 1 is 1.19 bits per heavy atom. The number of hydrogen-bond donors (Lipinski definition) is 1. The summed E-state index contributed by atoms with van der Waals surface area (Å²) in [6, 6.07) is 12.5. The van der Waals surface area contributed by atoms with E-state index in [0.717, 1.165) is 11.3 Å². The number of methoxy groups -OCH3 is 1. The van der Waals surface area contributed by atoms with Crippen molar-refractivity contribution in [2.45, 2.75) is 25.9 Å². The van der Waals surface area contributed by atoms with Gasteiger partial charge in [-0.05, 0) is 37.1 Å². The zero-order chi connectivity index (χ0) is 15.2. The largest absolute Gasteiger partial charge is 0.496 e. The lowest BCUT2D eigenvalue weighted by Crippen LogP contribution is -2.28. The fourth-order valence-corrected chi connectivity index (χ4v) is 2.48. The predicted octanol–water partition coefficient (Wildman–Crippen LogP) is 4.21. The summed E-state index contributed by atoms with van der Waals surface area (Å²) in [5.41, 5.74) is 1.63. The molecule has 1 atom stereocenters. The second-order valence-corrected chi connectivity index (χ2v) is 5.41. The molecule has 0 amide bonds. The third kappa shape index (κ3) is 4.19. The van der Waals surface area contributed by atoms with Crippen molar-refractivity contribution in [3.05, 3.63) is 64.4 Å². The van der Waals surface area contributed by atoms with Crippen molar-refractivity contribution in [2.75, 3.05) is 7.11 Å². The molecule has 0 aliphatic carbocycles. The number of hydrogen-bond acceptors (Lipinski definition) is 2. The van der Waals surface area contributed by atoms with E-state index in [1.54, 1.807) is 13.2 Å². The Morgan fingerprint density at radius 2 is 1.95 bits per heavy atom. The minimum atomic E-state index is -0.165. The second-order valence-electron chi connectivity index (χ2n) is 5.00. The van der Waals surface area contributed by atoms with Crippen LogP contribution in [0, 0.1) is 5.82 Å². The normalized spacial score (nSPS) is 12.2. The Hall–Kier alpha value is -1.58. The average Bonchev–Trinajstić information content (AvgIpc) is 2.48. The predicted molar refractivity (Wildman–Crippen MR) is 84.4 cm³/mol. The van der Waals surface area contributed by atoms with Gasteiger partial charge in [-0.2, -0.15) is 0 Å². The van der Waals surface area contributed by atoms with Gasteiger partial charge in [-0.3, -0.25) is 0 Å². The first-order valence-electron chi connectivity index (χ1n) is 6.90. The van der Waals surface area contributed by atoms with Gasteiger partial charge in [-0.15, -0.1) is 0 Å². The molecule has 0 spiro atoms. The molecule has 2 rings (SSSR count). The molecule has 2 aromatic rings. The fourth-order valence-electron chi connectivity index (χ4n) is 2.24. The molecule has 0 aliphatic heterocycles. The molecule has 1 N–H and O–H groups in total. The molecule has 0 radical (unpaired) electrons. The SMILES string of the molecule is COc1cccc(Cl)c1CNC(C)Cc1ccccc1F. The van der Waals surface area contributed by atoms with E-state index < -0.39 is 0 Å². The molecule has 0 aromatic heterocycles. The van der Waals surface area contributed by atoms with E-state index in [9.17, 15) is 4.39 Å². The highest BCUT2D eigenvalue weighted by molar-refractivity contribution is 6.31. The van der Waals surface area contributed by atoms with E-state index in [1.165, 1.54) is 6.07 Å². The Balaban J connectivity index is 1.99. The molecule has 0 saturated carbocycles. The van der Waals surface area contributed by atoms with Crippen molar-refractivity contribution in [3.63, 3.8) is 0 Å². The lowest BCUT2D eigenvalue weighted by atomic mass is 10.1. The Kier molecular flexibility index (Phi) is 5.59. The van der Waals surface area contributed by atoms with Crippen LogP contribution in [-0.4, -0.2) is 13.2 Å². The second kappa shape index (κ2) is 7.43. The average molecular weight is 308 g/mol. The zero-order valence-corrected chi connectivity index (χ0v) is 13.0. The maximum Gasteiger partial charge on any atom is 0.126 e. The Bertz CT molecular complexity index is 603. The molecule has 0 heterocycles. The van der Waals surface area contributed by atoms with Crippen LogP contribution in [0.25, 0.3) is 0 Å². The van der Waals surface area contributed by atoms with Crippen LogP contribution in [0.1, 0.15) is 18.1 Å². The van der Waals surface area contributed by atoms with Gasteiger partial charge < -0.3 is 10.1 Å². The lowest BCUT2D eigenvalue weighted by molar-refractivity contribution is 0.405. The van der Waals surface area contributed by atoms with Crippen LogP contribution in [0.2, 0.25) is 5.02 Å². The van der Waals surface area contributed by atoms with E-state index in [4.69, 9.17) is 16.3 Å². The summed E-state index contributed by atoms with van der Waals surface area (Å²) in [4.78, 5) is 0. The summed E-state index contributed by atoms with van der Waals surface area (Å²) >= 11 is 6.20. The molecular weight excluding hydrogens is 289 g/mol. The molecule has 0 aliphatic rings. The third-order valence-corrected chi connectivity index (χ3v) is 3.76.